The van der Waals surface area contributed by atoms with Crippen molar-refractivity contribution in [3.05, 3.63) is 79.5 Å². The first-order valence-electron chi connectivity index (χ1n) is 7.57. The fourth-order valence-electron chi connectivity index (χ4n) is 2.37. The van der Waals surface area contributed by atoms with Gasteiger partial charge in [0.05, 0.1) is 0 Å². The highest BCUT2D eigenvalue weighted by Gasteiger charge is 2.16. The molecule has 2 aromatic rings. The number of carbonyl (C=O) groups is 1. The zero-order valence-corrected chi connectivity index (χ0v) is 13.4. The van der Waals surface area contributed by atoms with Crippen molar-refractivity contribution >= 4 is 22.4 Å². The molecule has 1 N–H and O–H groups in total. The summed E-state index contributed by atoms with van der Waals surface area (Å²) in [7, 11) is 0. The van der Waals surface area contributed by atoms with Crippen LogP contribution in [-0.2, 0) is 4.79 Å². The van der Waals surface area contributed by atoms with E-state index in [1.54, 1.807) is 12.2 Å². The van der Waals surface area contributed by atoms with Crippen LogP contribution in [0.4, 0.5) is 5.69 Å². The van der Waals surface area contributed by atoms with Crippen molar-refractivity contribution in [1.29, 1.82) is 5.26 Å². The second kappa shape index (κ2) is 8.35. The van der Waals surface area contributed by atoms with Crippen LogP contribution in [0.2, 0.25) is 0 Å². The number of amides is 1. The first-order chi connectivity index (χ1) is 11.7. The quantitative estimate of drug-likeness (QED) is 0.479. The average molecular weight is 317 g/mol. The molecule has 0 unspecified atom stereocenters. The molecule has 24 heavy (non-hydrogen) atoms. The van der Waals surface area contributed by atoms with Gasteiger partial charge in [-0.2, -0.15) is 5.26 Å². The lowest BCUT2D eigenvalue weighted by Gasteiger charge is -2.18. The van der Waals surface area contributed by atoms with Crippen LogP contribution >= 0.6 is 0 Å². The predicted octanol–water partition coefficient (Wildman–Crippen LogP) is 3.86. The molecule has 0 aliphatic rings. The fraction of sp³-hybridized carbons (Fsp3) is 0.100. The minimum Gasteiger partial charge on any atom is -0.360 e. The van der Waals surface area contributed by atoms with Crippen LogP contribution < -0.4 is 5.32 Å². The van der Waals surface area contributed by atoms with Gasteiger partial charge in [-0.3, -0.25) is 4.79 Å². The van der Waals surface area contributed by atoms with E-state index < -0.39 is 0 Å². The maximum Gasteiger partial charge on any atom is 0.266 e. The van der Waals surface area contributed by atoms with Crippen LogP contribution in [-0.4, -0.2) is 23.9 Å². The fourth-order valence-corrected chi connectivity index (χ4v) is 2.37. The van der Waals surface area contributed by atoms with Gasteiger partial charge in [-0.25, -0.2) is 0 Å². The molecule has 2 aromatic carbocycles. The monoisotopic (exact) mass is 317 g/mol. The molecular formula is C20H19N3O. The first kappa shape index (κ1) is 17.0. The van der Waals surface area contributed by atoms with Gasteiger partial charge in [0.1, 0.15) is 11.6 Å². The van der Waals surface area contributed by atoms with Crippen LogP contribution in [0, 0.1) is 11.3 Å². The third-order valence-corrected chi connectivity index (χ3v) is 3.50. The van der Waals surface area contributed by atoms with Crippen LogP contribution in [0.25, 0.3) is 10.8 Å². The minimum absolute atomic E-state index is 0.0339. The molecule has 0 heterocycles. The van der Waals surface area contributed by atoms with E-state index in [-0.39, 0.29) is 11.5 Å². The van der Waals surface area contributed by atoms with Crippen LogP contribution in [0.1, 0.15) is 0 Å². The summed E-state index contributed by atoms with van der Waals surface area (Å²) in [5.41, 5.74) is 0.874. The number of carbonyl (C=O) groups excluding carboxylic acids is 1. The van der Waals surface area contributed by atoms with E-state index in [4.69, 9.17) is 0 Å². The highest BCUT2D eigenvalue weighted by molar-refractivity contribution is 5.99. The summed E-state index contributed by atoms with van der Waals surface area (Å²) in [4.78, 5) is 13.9. The molecule has 2 rings (SSSR count). The Kier molecular flexibility index (Phi) is 5.93. The van der Waals surface area contributed by atoms with Crippen molar-refractivity contribution in [2.45, 2.75) is 0 Å². The summed E-state index contributed by atoms with van der Waals surface area (Å²) in [6, 6.07) is 15.7. The smallest absolute Gasteiger partial charge is 0.266 e. The second-order valence-electron chi connectivity index (χ2n) is 5.13. The summed E-state index contributed by atoms with van der Waals surface area (Å²) in [6.07, 6.45) is 4.69. The van der Waals surface area contributed by atoms with E-state index >= 15 is 0 Å². The number of hydrogen-bond donors (Lipinski definition) is 1. The Morgan fingerprint density at radius 1 is 1.12 bits per heavy atom. The third kappa shape index (κ3) is 3.90. The highest BCUT2D eigenvalue weighted by atomic mass is 16.2. The summed E-state index contributed by atoms with van der Waals surface area (Å²) in [6.45, 7) is 7.98. The van der Waals surface area contributed by atoms with Crippen molar-refractivity contribution in [3.8, 4) is 6.07 Å². The summed E-state index contributed by atoms with van der Waals surface area (Å²) >= 11 is 0. The summed E-state index contributed by atoms with van der Waals surface area (Å²) in [5, 5.41) is 14.5. The Hall–Kier alpha value is -3.32. The van der Waals surface area contributed by atoms with Crippen molar-refractivity contribution in [1.82, 2.24) is 4.90 Å². The zero-order chi connectivity index (χ0) is 17.4. The number of nitriles is 1. The largest absolute Gasteiger partial charge is 0.360 e. The molecule has 0 radical (unpaired) electrons. The number of benzene rings is 2. The molecule has 0 aromatic heterocycles. The Morgan fingerprint density at radius 3 is 2.46 bits per heavy atom. The lowest BCUT2D eigenvalue weighted by molar-refractivity contribution is -0.125. The van der Waals surface area contributed by atoms with E-state index in [0.717, 1.165) is 16.5 Å². The molecule has 0 bridgehead atoms. The molecule has 0 atom stereocenters. The van der Waals surface area contributed by atoms with Gasteiger partial charge in [0.15, 0.2) is 0 Å². The van der Waals surface area contributed by atoms with Gasteiger partial charge in [-0.05, 0) is 11.5 Å². The minimum atomic E-state index is -0.356. The molecule has 1 amide bonds. The molecule has 0 saturated heterocycles. The summed E-state index contributed by atoms with van der Waals surface area (Å²) in [5.74, 6) is -0.356. The van der Waals surface area contributed by atoms with E-state index in [9.17, 15) is 10.1 Å². The molecular weight excluding hydrogens is 298 g/mol. The molecule has 0 fully saturated rings. The molecule has 0 aliphatic heterocycles. The molecule has 0 saturated carbocycles. The van der Waals surface area contributed by atoms with Crippen LogP contribution in [0.5, 0.6) is 0 Å². The maximum absolute atomic E-state index is 12.4. The molecule has 4 heteroatoms. The lowest BCUT2D eigenvalue weighted by Crippen LogP contribution is -2.32. The standard InChI is InChI=1S/C20H19N3O/c1-3-12-23(13-4-2)20(24)17(14-21)15-22-19-11-7-9-16-8-5-6-10-18(16)19/h3-11,15,22H,1-2,12-13H2/b17-15-. The molecule has 4 nitrogen and oxygen atoms in total. The van der Waals surface area contributed by atoms with Crippen molar-refractivity contribution in [2.75, 3.05) is 18.4 Å². The number of anilines is 1. The van der Waals surface area contributed by atoms with Gasteiger partial charge in [0.2, 0.25) is 0 Å². The second-order valence-corrected chi connectivity index (χ2v) is 5.13. The Bertz CT molecular complexity index is 815. The predicted molar refractivity (Wildman–Crippen MR) is 98.2 cm³/mol. The third-order valence-electron chi connectivity index (χ3n) is 3.50. The van der Waals surface area contributed by atoms with Crippen LogP contribution in [0.3, 0.4) is 0 Å². The molecule has 120 valence electrons. The lowest BCUT2D eigenvalue weighted by atomic mass is 10.1. The SMILES string of the molecule is C=CCN(CC=C)C(=O)/C(C#N)=C\Nc1cccc2ccccc12. The van der Waals surface area contributed by atoms with Gasteiger partial charge in [-0.15, -0.1) is 13.2 Å². The Morgan fingerprint density at radius 2 is 1.79 bits per heavy atom. The first-order valence-corrected chi connectivity index (χ1v) is 7.57. The topological polar surface area (TPSA) is 56.1 Å². The van der Waals surface area contributed by atoms with Gasteiger partial charge in [0.25, 0.3) is 5.91 Å². The van der Waals surface area contributed by atoms with Gasteiger partial charge >= 0.3 is 0 Å². The maximum atomic E-state index is 12.4. The molecule has 0 aliphatic carbocycles. The molecule has 0 spiro atoms. The van der Waals surface area contributed by atoms with Gasteiger partial charge in [-0.1, -0.05) is 48.6 Å². The van der Waals surface area contributed by atoms with Crippen molar-refractivity contribution in [2.24, 2.45) is 0 Å². The number of fused-ring (bicyclic) bond motifs is 1. The van der Waals surface area contributed by atoms with E-state index in [1.165, 1.54) is 11.1 Å². The van der Waals surface area contributed by atoms with E-state index in [1.807, 2.05) is 48.5 Å². The number of nitrogens with zero attached hydrogens (tertiary/aromatic N) is 2. The van der Waals surface area contributed by atoms with E-state index in [2.05, 4.69) is 18.5 Å². The summed E-state index contributed by atoms with van der Waals surface area (Å²) < 4.78 is 0. The normalized spacial score (nSPS) is 10.7. The number of hydrogen-bond acceptors (Lipinski definition) is 3. The zero-order valence-electron chi connectivity index (χ0n) is 13.4. The number of rotatable bonds is 7. The van der Waals surface area contributed by atoms with Crippen molar-refractivity contribution in [3.63, 3.8) is 0 Å². The van der Waals surface area contributed by atoms with E-state index in [0.29, 0.717) is 13.1 Å². The Balaban J connectivity index is 2.27. The Labute approximate surface area is 142 Å². The van der Waals surface area contributed by atoms with Gasteiger partial charge < -0.3 is 10.2 Å². The highest BCUT2D eigenvalue weighted by Crippen LogP contribution is 2.23. The van der Waals surface area contributed by atoms with Gasteiger partial charge in [0, 0.05) is 30.4 Å². The van der Waals surface area contributed by atoms with Crippen LogP contribution in [0.15, 0.2) is 79.5 Å². The number of nitrogens with one attached hydrogen (secondary N) is 1. The average Bonchev–Trinajstić information content (AvgIpc) is 2.62. The van der Waals surface area contributed by atoms with Crippen molar-refractivity contribution < 1.29 is 4.79 Å².